The second-order valence-electron chi connectivity index (χ2n) is 5.73. The number of nitrogens with zero attached hydrogens (tertiary/aromatic N) is 1. The molecule has 25 heavy (non-hydrogen) atoms. The molecule has 3 rings (SSSR count). The van der Waals surface area contributed by atoms with Crippen LogP contribution in [-0.4, -0.2) is 39.5 Å². The largest absolute Gasteiger partial charge is 0.243 e. The Morgan fingerprint density at radius 3 is 2.20 bits per heavy atom. The minimum Gasteiger partial charge on any atom is -0.223 e. The molecule has 0 radical (unpaired) electrons. The molecule has 1 fully saturated rings. The lowest BCUT2D eigenvalue weighted by molar-refractivity contribution is 0.476. The van der Waals surface area contributed by atoms with Crippen molar-refractivity contribution < 1.29 is 16.8 Å². The predicted molar refractivity (Wildman–Crippen MR) is 97.3 cm³/mol. The predicted octanol–water partition coefficient (Wildman–Crippen LogP) is 3.23. The number of sulfone groups is 1. The van der Waals surface area contributed by atoms with Crippen LogP contribution in [0.4, 0.5) is 0 Å². The molecule has 2 aromatic rings. The smallest absolute Gasteiger partial charge is 0.223 e. The lowest BCUT2D eigenvalue weighted by Crippen LogP contribution is -2.32. The standard InChI is InChI=1S/C16H15Cl2NO4S2/c17-12-4-6-14(7-5-12)24(20,21)16-8-9-19(11-16)25(22,23)15-3-1-2-13(18)10-15/h1-7,10,16H,8-9,11H2. The summed E-state index contributed by atoms with van der Waals surface area (Å²) in [5.41, 5.74) is 0. The minimum atomic E-state index is -3.78. The second-order valence-corrected chi connectivity index (χ2v) is 10.8. The Labute approximate surface area is 157 Å². The Hall–Kier alpha value is -1.12. The van der Waals surface area contributed by atoms with Crippen LogP contribution in [0.15, 0.2) is 58.3 Å². The number of hydrogen-bond donors (Lipinski definition) is 0. The number of rotatable bonds is 4. The van der Waals surface area contributed by atoms with Crippen LogP contribution in [0.5, 0.6) is 0 Å². The number of halogens is 2. The van der Waals surface area contributed by atoms with E-state index in [1.165, 1.54) is 40.7 Å². The summed E-state index contributed by atoms with van der Waals surface area (Å²) in [7, 11) is -7.41. The first-order chi connectivity index (χ1) is 11.7. The molecule has 0 bridgehead atoms. The van der Waals surface area contributed by atoms with Crippen LogP contribution in [0.1, 0.15) is 6.42 Å². The van der Waals surface area contributed by atoms with Gasteiger partial charge in [-0.1, -0.05) is 29.3 Å². The normalized spacial score (nSPS) is 19.2. The zero-order valence-electron chi connectivity index (χ0n) is 13.0. The Morgan fingerprint density at radius 2 is 1.56 bits per heavy atom. The topological polar surface area (TPSA) is 71.5 Å². The fourth-order valence-corrected chi connectivity index (χ4v) is 6.48. The third-order valence-corrected chi connectivity index (χ3v) is 8.66. The summed E-state index contributed by atoms with van der Waals surface area (Å²) in [6, 6.07) is 11.8. The van der Waals surface area contributed by atoms with E-state index in [1.54, 1.807) is 12.1 Å². The van der Waals surface area contributed by atoms with Gasteiger partial charge in [0.15, 0.2) is 9.84 Å². The molecule has 2 aromatic carbocycles. The highest BCUT2D eigenvalue weighted by molar-refractivity contribution is 7.92. The molecular weight excluding hydrogens is 405 g/mol. The van der Waals surface area contributed by atoms with Crippen LogP contribution < -0.4 is 0 Å². The van der Waals surface area contributed by atoms with Crippen molar-refractivity contribution in [3.8, 4) is 0 Å². The van der Waals surface area contributed by atoms with Crippen molar-refractivity contribution in [3.05, 3.63) is 58.6 Å². The molecule has 1 aliphatic rings. The van der Waals surface area contributed by atoms with Crippen LogP contribution >= 0.6 is 23.2 Å². The van der Waals surface area contributed by atoms with Gasteiger partial charge in [0, 0.05) is 23.1 Å². The van der Waals surface area contributed by atoms with Crippen LogP contribution in [-0.2, 0) is 19.9 Å². The molecule has 9 heteroatoms. The van der Waals surface area contributed by atoms with E-state index < -0.39 is 25.1 Å². The lowest BCUT2D eigenvalue weighted by atomic mass is 10.4. The first-order valence-corrected chi connectivity index (χ1v) is 11.2. The van der Waals surface area contributed by atoms with Gasteiger partial charge in [0.25, 0.3) is 0 Å². The maximum absolute atomic E-state index is 12.7. The SMILES string of the molecule is O=S(=O)(c1ccc(Cl)cc1)C1CCN(S(=O)(=O)c2cccc(Cl)c2)C1. The zero-order chi connectivity index (χ0) is 18.2. The van der Waals surface area contributed by atoms with Gasteiger partial charge in [-0.05, 0) is 48.9 Å². The van der Waals surface area contributed by atoms with Gasteiger partial charge in [-0.15, -0.1) is 0 Å². The van der Waals surface area contributed by atoms with Crippen LogP contribution in [0.2, 0.25) is 10.0 Å². The van der Waals surface area contributed by atoms with Gasteiger partial charge >= 0.3 is 0 Å². The Morgan fingerprint density at radius 1 is 0.880 bits per heavy atom. The van der Waals surface area contributed by atoms with E-state index in [0.717, 1.165) is 0 Å². The van der Waals surface area contributed by atoms with Crippen molar-refractivity contribution in [3.63, 3.8) is 0 Å². The molecule has 0 N–H and O–H groups in total. The van der Waals surface area contributed by atoms with Crippen molar-refractivity contribution >= 4 is 43.1 Å². The van der Waals surface area contributed by atoms with Crippen molar-refractivity contribution in [2.75, 3.05) is 13.1 Å². The Balaban J connectivity index is 1.85. The Bertz CT molecular complexity index is 989. The van der Waals surface area contributed by atoms with E-state index in [-0.39, 0.29) is 29.3 Å². The third kappa shape index (κ3) is 3.71. The molecule has 0 aliphatic carbocycles. The van der Waals surface area contributed by atoms with Gasteiger partial charge in [-0.2, -0.15) is 4.31 Å². The van der Waals surface area contributed by atoms with E-state index in [1.807, 2.05) is 0 Å². The van der Waals surface area contributed by atoms with E-state index in [0.29, 0.717) is 10.0 Å². The van der Waals surface area contributed by atoms with Gasteiger partial charge in [0.05, 0.1) is 15.0 Å². The average molecular weight is 420 g/mol. The summed E-state index contributed by atoms with van der Waals surface area (Å²) < 4.78 is 52.0. The highest BCUT2D eigenvalue weighted by Gasteiger charge is 2.39. The van der Waals surface area contributed by atoms with Gasteiger partial charge < -0.3 is 0 Å². The van der Waals surface area contributed by atoms with Gasteiger partial charge in [-0.25, -0.2) is 16.8 Å². The molecular formula is C16H15Cl2NO4S2. The van der Waals surface area contributed by atoms with Gasteiger partial charge in [0.1, 0.15) is 0 Å². The van der Waals surface area contributed by atoms with E-state index in [9.17, 15) is 16.8 Å². The van der Waals surface area contributed by atoms with Crippen LogP contribution in [0.3, 0.4) is 0 Å². The molecule has 1 saturated heterocycles. The molecule has 0 saturated carbocycles. The summed E-state index contributed by atoms with van der Waals surface area (Å²) in [5, 5.41) is -0.0382. The molecule has 1 heterocycles. The molecule has 0 aromatic heterocycles. The summed E-state index contributed by atoms with van der Waals surface area (Å²) in [6.07, 6.45) is 0.241. The molecule has 0 spiro atoms. The van der Waals surface area contributed by atoms with Crippen molar-refractivity contribution in [1.29, 1.82) is 0 Å². The summed E-state index contributed by atoms with van der Waals surface area (Å²) >= 11 is 11.7. The number of hydrogen-bond acceptors (Lipinski definition) is 4. The average Bonchev–Trinajstić information content (AvgIpc) is 3.07. The summed E-state index contributed by atoms with van der Waals surface area (Å²) in [5.74, 6) is 0. The monoisotopic (exact) mass is 419 g/mol. The minimum absolute atomic E-state index is 0.0598. The maximum atomic E-state index is 12.7. The first kappa shape index (κ1) is 18.7. The van der Waals surface area contributed by atoms with Gasteiger partial charge in [0.2, 0.25) is 10.0 Å². The van der Waals surface area contributed by atoms with E-state index in [4.69, 9.17) is 23.2 Å². The van der Waals surface area contributed by atoms with E-state index in [2.05, 4.69) is 0 Å². The van der Waals surface area contributed by atoms with Crippen LogP contribution in [0.25, 0.3) is 0 Å². The van der Waals surface area contributed by atoms with Crippen LogP contribution in [0, 0.1) is 0 Å². The molecule has 1 aliphatic heterocycles. The Kier molecular flexibility index (Phi) is 5.14. The van der Waals surface area contributed by atoms with Crippen molar-refractivity contribution in [2.45, 2.75) is 21.5 Å². The maximum Gasteiger partial charge on any atom is 0.243 e. The summed E-state index contributed by atoms with van der Waals surface area (Å²) in [6.45, 7) is 0.0616. The highest BCUT2D eigenvalue weighted by Crippen LogP contribution is 2.29. The number of benzene rings is 2. The molecule has 0 amide bonds. The zero-order valence-corrected chi connectivity index (χ0v) is 16.1. The first-order valence-electron chi connectivity index (χ1n) is 7.46. The van der Waals surface area contributed by atoms with Crippen molar-refractivity contribution in [1.82, 2.24) is 4.31 Å². The quantitative estimate of drug-likeness (QED) is 0.762. The summed E-state index contributed by atoms with van der Waals surface area (Å²) in [4.78, 5) is 0.202. The molecule has 1 atom stereocenters. The highest BCUT2D eigenvalue weighted by atomic mass is 35.5. The second kappa shape index (κ2) is 6.89. The molecule has 1 unspecified atom stereocenters. The molecule has 134 valence electrons. The van der Waals surface area contributed by atoms with Gasteiger partial charge in [-0.3, -0.25) is 0 Å². The lowest BCUT2D eigenvalue weighted by Gasteiger charge is -2.17. The van der Waals surface area contributed by atoms with E-state index >= 15 is 0 Å². The fraction of sp³-hybridized carbons (Fsp3) is 0.250. The van der Waals surface area contributed by atoms with Crippen molar-refractivity contribution in [2.24, 2.45) is 0 Å². The molecule has 5 nitrogen and oxygen atoms in total. The third-order valence-electron chi connectivity index (χ3n) is 4.12. The fourth-order valence-electron chi connectivity index (χ4n) is 2.76. The number of sulfonamides is 1.